The van der Waals surface area contributed by atoms with Crippen LogP contribution in [0.5, 0.6) is 23.0 Å². The van der Waals surface area contributed by atoms with Crippen LogP contribution in [0.25, 0.3) is 0 Å². The second kappa shape index (κ2) is 15.7. The predicted octanol–water partition coefficient (Wildman–Crippen LogP) is 5.92. The lowest BCUT2D eigenvalue weighted by Crippen LogP contribution is -2.56. The number of amides is 4. The molecular weight excluding hydrogens is 685 g/mol. The van der Waals surface area contributed by atoms with Crippen molar-refractivity contribution in [2.75, 3.05) is 14.2 Å². The molecule has 4 atom stereocenters. The number of hydrogen-bond acceptors (Lipinski definition) is 9. The van der Waals surface area contributed by atoms with Crippen molar-refractivity contribution in [3.63, 3.8) is 0 Å². The first-order valence-corrected chi connectivity index (χ1v) is 19.9. The SMILES string of the molecule is CNC(=O)[C@@H]1NC(=O)[C@@H](c2ccccc2)NC(=O)[C@H](NC(=O)OC(C)(C)C)[C@H](O[Si](C)(C)C(C)(C)C)c2ccc(cc2)Oc2cc1cc(O)c2OC. The minimum atomic E-state index is -2.67. The second-order valence-electron chi connectivity index (χ2n) is 15.1. The highest BCUT2D eigenvalue weighted by Gasteiger charge is 2.44. The second-order valence-corrected chi connectivity index (χ2v) is 19.8. The fourth-order valence-electron chi connectivity index (χ4n) is 5.29. The van der Waals surface area contributed by atoms with Crippen molar-refractivity contribution in [1.29, 1.82) is 0 Å². The van der Waals surface area contributed by atoms with E-state index in [1.54, 1.807) is 75.4 Å². The van der Waals surface area contributed by atoms with Gasteiger partial charge in [-0.1, -0.05) is 63.2 Å². The van der Waals surface area contributed by atoms with Crippen LogP contribution in [0, 0.1) is 0 Å². The molecule has 4 amide bonds. The molecule has 0 aliphatic carbocycles. The summed E-state index contributed by atoms with van der Waals surface area (Å²) in [5.41, 5.74) is 0.217. The van der Waals surface area contributed by atoms with E-state index in [1.807, 2.05) is 13.1 Å². The Bertz CT molecular complexity index is 1770. The average molecular weight is 735 g/mol. The Morgan fingerprint density at radius 3 is 2.06 bits per heavy atom. The minimum Gasteiger partial charge on any atom is -0.504 e. The number of phenolic OH excluding ortho intramolecular Hbond substituents is 1. The molecule has 2 heterocycles. The van der Waals surface area contributed by atoms with Crippen LogP contribution in [0.3, 0.4) is 0 Å². The molecule has 4 bridgehead atoms. The van der Waals surface area contributed by atoms with Gasteiger partial charge in [-0.2, -0.15) is 0 Å². The third kappa shape index (κ3) is 9.42. The number of rotatable bonds is 6. The quantitative estimate of drug-likeness (QED) is 0.193. The molecule has 13 nitrogen and oxygen atoms in total. The third-order valence-electron chi connectivity index (χ3n) is 8.99. The molecule has 0 saturated heterocycles. The molecule has 2 aliphatic rings. The number of fused-ring (bicyclic) bond motifs is 9. The molecule has 0 unspecified atom stereocenters. The van der Waals surface area contributed by atoms with Gasteiger partial charge in [0.05, 0.1) is 13.2 Å². The maximum atomic E-state index is 14.6. The van der Waals surface area contributed by atoms with Gasteiger partial charge in [-0.3, -0.25) is 14.4 Å². The molecule has 5 N–H and O–H groups in total. The van der Waals surface area contributed by atoms with Gasteiger partial charge in [-0.15, -0.1) is 0 Å². The van der Waals surface area contributed by atoms with Crippen molar-refractivity contribution in [2.24, 2.45) is 0 Å². The highest BCUT2D eigenvalue weighted by molar-refractivity contribution is 6.74. The highest BCUT2D eigenvalue weighted by Crippen LogP contribution is 2.43. The van der Waals surface area contributed by atoms with Crippen LogP contribution < -0.4 is 30.7 Å². The van der Waals surface area contributed by atoms with Gasteiger partial charge in [0.2, 0.25) is 23.5 Å². The summed E-state index contributed by atoms with van der Waals surface area (Å²) in [5, 5.41) is 21.5. The molecule has 0 saturated carbocycles. The van der Waals surface area contributed by atoms with E-state index in [2.05, 4.69) is 42.0 Å². The summed E-state index contributed by atoms with van der Waals surface area (Å²) in [4.78, 5) is 55.7. The molecular formula is C38H50N4O9Si. The summed E-state index contributed by atoms with van der Waals surface area (Å²) in [6.07, 6.45) is -1.92. The molecule has 0 fully saturated rings. The Kier molecular flexibility index (Phi) is 12.0. The van der Waals surface area contributed by atoms with Gasteiger partial charge in [0.1, 0.15) is 29.5 Å². The minimum absolute atomic E-state index is 0.00566. The molecule has 3 aromatic rings. The zero-order chi connectivity index (χ0) is 38.6. The predicted molar refractivity (Wildman–Crippen MR) is 198 cm³/mol. The first-order chi connectivity index (χ1) is 24.2. The van der Waals surface area contributed by atoms with Crippen LogP contribution >= 0.6 is 0 Å². The number of benzene rings is 3. The highest BCUT2D eigenvalue weighted by atomic mass is 28.4. The number of likely N-dealkylation sites (N-methyl/N-ethyl adjacent to an activating group) is 1. The van der Waals surface area contributed by atoms with E-state index in [4.69, 9.17) is 18.6 Å². The fourth-order valence-corrected chi connectivity index (χ4v) is 6.55. The monoisotopic (exact) mass is 734 g/mol. The standard InChI is InChI=1S/C38H50N4O9Si/c1-37(2,3)50-36(47)42-30-31(51-52(9,10)38(4,5)6)23-16-18-25(19-17-23)49-27-21-24(20-26(43)32(27)48-8)29(33(44)39-7)41-34(45)28(40-35(30)46)22-14-12-11-13-15-22/h11-21,28-31,43H,1-10H3,(H,39,44)(H,40,46)(H,41,45)(H,42,47)/t28-,29-,30-,31-/m1/s1. The number of carbonyl (C=O) groups excluding carboxylic acids is 4. The lowest BCUT2D eigenvalue weighted by Gasteiger charge is -2.41. The molecule has 3 aromatic carbocycles. The number of alkyl carbamates (subject to hydrolysis) is 1. The Labute approximate surface area is 305 Å². The largest absolute Gasteiger partial charge is 0.504 e. The summed E-state index contributed by atoms with van der Waals surface area (Å²) in [6.45, 7) is 15.3. The van der Waals surface area contributed by atoms with Crippen molar-refractivity contribution in [2.45, 2.75) is 89.5 Å². The summed E-state index contributed by atoms with van der Waals surface area (Å²) >= 11 is 0. The van der Waals surface area contributed by atoms with Gasteiger partial charge in [-0.05, 0) is 79.9 Å². The van der Waals surface area contributed by atoms with Gasteiger partial charge in [0.25, 0.3) is 0 Å². The van der Waals surface area contributed by atoms with Gasteiger partial charge in [0.15, 0.2) is 19.8 Å². The van der Waals surface area contributed by atoms with Crippen LogP contribution in [0.2, 0.25) is 18.1 Å². The smallest absolute Gasteiger partial charge is 0.408 e. The molecule has 0 aromatic heterocycles. The first-order valence-electron chi connectivity index (χ1n) is 17.0. The maximum absolute atomic E-state index is 14.6. The summed E-state index contributed by atoms with van der Waals surface area (Å²) < 4.78 is 24.1. The molecule has 0 radical (unpaired) electrons. The van der Waals surface area contributed by atoms with E-state index in [-0.39, 0.29) is 27.9 Å². The van der Waals surface area contributed by atoms with Crippen molar-refractivity contribution in [3.05, 3.63) is 83.4 Å². The number of phenols is 1. The first kappa shape index (κ1) is 39.7. The zero-order valence-electron chi connectivity index (χ0n) is 31.4. The van der Waals surface area contributed by atoms with Crippen molar-refractivity contribution >= 4 is 32.1 Å². The summed E-state index contributed by atoms with van der Waals surface area (Å²) in [7, 11) is 0.0953. The normalized spacial score (nSPS) is 19.8. The molecule has 52 heavy (non-hydrogen) atoms. The molecule has 0 spiro atoms. The number of carbonyl (C=O) groups is 4. The van der Waals surface area contributed by atoms with Gasteiger partial charge in [0, 0.05) is 7.05 Å². The molecule has 2 aliphatic heterocycles. The number of ether oxygens (including phenoxy) is 3. The number of aromatic hydroxyl groups is 1. The van der Waals surface area contributed by atoms with E-state index in [0.29, 0.717) is 16.9 Å². The van der Waals surface area contributed by atoms with Gasteiger partial charge in [-0.25, -0.2) is 4.79 Å². The maximum Gasteiger partial charge on any atom is 0.408 e. The summed E-state index contributed by atoms with van der Waals surface area (Å²) in [6, 6.07) is 13.9. The third-order valence-corrected chi connectivity index (χ3v) is 13.4. The zero-order valence-corrected chi connectivity index (χ0v) is 32.4. The Morgan fingerprint density at radius 2 is 1.50 bits per heavy atom. The number of methoxy groups -OCH3 is 1. The Morgan fingerprint density at radius 1 is 0.865 bits per heavy atom. The van der Waals surface area contributed by atoms with Gasteiger partial charge < -0.3 is 45.0 Å². The fraction of sp³-hybridized carbons (Fsp3) is 0.421. The lowest BCUT2D eigenvalue weighted by molar-refractivity contribution is -0.133. The van der Waals surface area contributed by atoms with Crippen LogP contribution in [-0.4, -0.2) is 63.0 Å². The van der Waals surface area contributed by atoms with Crippen LogP contribution in [0.15, 0.2) is 66.7 Å². The van der Waals surface area contributed by atoms with Crippen LogP contribution in [-0.2, 0) is 23.5 Å². The topological polar surface area (TPSA) is 174 Å². The van der Waals surface area contributed by atoms with Crippen molar-refractivity contribution < 1.29 is 42.9 Å². The average Bonchev–Trinajstić information content (AvgIpc) is 3.06. The van der Waals surface area contributed by atoms with Gasteiger partial charge >= 0.3 is 6.09 Å². The van der Waals surface area contributed by atoms with E-state index in [1.165, 1.54) is 26.3 Å². The number of hydrogen-bond donors (Lipinski definition) is 5. The van der Waals surface area contributed by atoms with Crippen LogP contribution in [0.4, 0.5) is 4.79 Å². The van der Waals surface area contributed by atoms with E-state index < -0.39 is 62.0 Å². The molecule has 280 valence electrons. The Hall–Kier alpha value is -5.08. The van der Waals surface area contributed by atoms with Crippen molar-refractivity contribution in [1.82, 2.24) is 21.3 Å². The summed E-state index contributed by atoms with van der Waals surface area (Å²) in [5.74, 6) is -2.03. The van der Waals surface area contributed by atoms with Crippen LogP contribution in [0.1, 0.15) is 76.4 Å². The Balaban J connectivity index is 1.99. The molecule has 5 rings (SSSR count). The lowest BCUT2D eigenvalue weighted by atomic mass is 9.99. The van der Waals surface area contributed by atoms with Crippen molar-refractivity contribution in [3.8, 4) is 23.0 Å². The van der Waals surface area contributed by atoms with E-state index in [9.17, 15) is 24.3 Å². The number of nitrogens with one attached hydrogen (secondary N) is 4. The van der Waals surface area contributed by atoms with E-state index in [0.717, 1.165) is 0 Å². The molecule has 14 heteroatoms. The van der Waals surface area contributed by atoms with E-state index >= 15 is 0 Å².